The summed E-state index contributed by atoms with van der Waals surface area (Å²) in [5, 5.41) is 10.8. The van der Waals surface area contributed by atoms with Gasteiger partial charge in [-0.25, -0.2) is 4.98 Å². The molecule has 0 fully saturated rings. The SMILES string of the molecule is CCN(CC)C(O)c1ccc(C2c3cc(C)ccc3CCN2Cc2cnc(-c3ccccc3)[nH]2)cc1. The number of aromatic amines is 1. The Morgan fingerprint density at radius 1 is 1.03 bits per heavy atom. The number of hydrogen-bond acceptors (Lipinski definition) is 4. The summed E-state index contributed by atoms with van der Waals surface area (Å²) in [6, 6.07) is 25.8. The molecule has 2 atom stereocenters. The Morgan fingerprint density at radius 2 is 1.78 bits per heavy atom. The van der Waals surface area contributed by atoms with Gasteiger partial charge in [0.2, 0.25) is 0 Å². The lowest BCUT2D eigenvalue weighted by Crippen LogP contribution is -2.36. The second-order valence-corrected chi connectivity index (χ2v) is 9.71. The van der Waals surface area contributed by atoms with E-state index in [4.69, 9.17) is 0 Å². The minimum Gasteiger partial charge on any atom is -0.374 e. The number of fused-ring (bicyclic) bond motifs is 1. The largest absolute Gasteiger partial charge is 0.374 e. The average Bonchev–Trinajstić information content (AvgIpc) is 3.38. The van der Waals surface area contributed by atoms with Crippen LogP contribution < -0.4 is 0 Å². The van der Waals surface area contributed by atoms with Crippen LogP contribution in [0.5, 0.6) is 0 Å². The number of aromatic nitrogens is 2. The van der Waals surface area contributed by atoms with Gasteiger partial charge in [-0.1, -0.05) is 92.2 Å². The summed E-state index contributed by atoms with van der Waals surface area (Å²) in [5.74, 6) is 0.908. The average molecular weight is 481 g/mol. The van der Waals surface area contributed by atoms with E-state index in [1.165, 1.54) is 22.3 Å². The Kier molecular flexibility index (Phi) is 7.33. The van der Waals surface area contributed by atoms with Gasteiger partial charge in [0, 0.05) is 30.5 Å². The summed E-state index contributed by atoms with van der Waals surface area (Å²) in [7, 11) is 0. The van der Waals surface area contributed by atoms with Crippen molar-refractivity contribution in [2.75, 3.05) is 19.6 Å². The maximum absolute atomic E-state index is 10.8. The third kappa shape index (κ3) is 5.00. The van der Waals surface area contributed by atoms with Crippen LogP contribution in [0.1, 0.15) is 59.6 Å². The molecule has 5 heteroatoms. The summed E-state index contributed by atoms with van der Waals surface area (Å²) in [4.78, 5) is 12.8. The van der Waals surface area contributed by atoms with E-state index in [-0.39, 0.29) is 6.04 Å². The number of benzene rings is 3. The fourth-order valence-electron chi connectivity index (χ4n) is 5.38. The second kappa shape index (κ2) is 10.8. The van der Waals surface area contributed by atoms with Crippen molar-refractivity contribution in [3.05, 3.63) is 113 Å². The highest BCUT2D eigenvalue weighted by Gasteiger charge is 2.29. The summed E-state index contributed by atoms with van der Waals surface area (Å²) < 4.78 is 0. The third-order valence-electron chi connectivity index (χ3n) is 7.39. The molecule has 0 saturated heterocycles. The molecular formula is C31H36N4O. The molecule has 36 heavy (non-hydrogen) atoms. The zero-order valence-electron chi connectivity index (χ0n) is 21.5. The van der Waals surface area contributed by atoms with Crippen LogP contribution in [0.2, 0.25) is 0 Å². The standard InChI is InChI=1S/C31H36N4O/c1-4-34(5-2)31(36)26-15-13-24(14-16-26)29-28-19-22(3)11-12-23(28)17-18-35(29)21-27-20-32-30(33-27)25-9-7-6-8-10-25/h6-16,19-20,29,31,36H,4-5,17-18,21H2,1-3H3,(H,32,33). The van der Waals surface area contributed by atoms with Gasteiger partial charge < -0.3 is 10.1 Å². The number of hydrogen-bond donors (Lipinski definition) is 2. The minimum absolute atomic E-state index is 0.150. The number of aliphatic hydroxyl groups excluding tert-OH is 1. The second-order valence-electron chi connectivity index (χ2n) is 9.71. The number of H-pyrrole nitrogens is 1. The van der Waals surface area contributed by atoms with E-state index in [0.717, 1.165) is 55.2 Å². The van der Waals surface area contributed by atoms with Crippen molar-refractivity contribution in [3.8, 4) is 11.4 Å². The fraction of sp³-hybridized carbons (Fsp3) is 0.323. The molecule has 0 spiro atoms. The number of aryl methyl sites for hydroxylation is 1. The number of nitrogens with zero attached hydrogens (tertiary/aromatic N) is 3. The van der Waals surface area contributed by atoms with E-state index in [2.05, 4.69) is 95.1 Å². The van der Waals surface area contributed by atoms with Crippen molar-refractivity contribution in [2.45, 2.75) is 46.0 Å². The van der Waals surface area contributed by atoms with Gasteiger partial charge in [-0.15, -0.1) is 0 Å². The lowest BCUT2D eigenvalue weighted by molar-refractivity contribution is 0.00899. The monoisotopic (exact) mass is 480 g/mol. The van der Waals surface area contributed by atoms with Gasteiger partial charge in [0.1, 0.15) is 12.1 Å². The molecule has 2 N–H and O–H groups in total. The predicted octanol–water partition coefficient (Wildman–Crippen LogP) is 5.87. The van der Waals surface area contributed by atoms with Gasteiger partial charge in [-0.3, -0.25) is 9.80 Å². The Hall–Kier alpha value is -3.25. The Bertz CT molecular complexity index is 1280. The smallest absolute Gasteiger partial charge is 0.137 e. The molecule has 5 nitrogen and oxygen atoms in total. The number of rotatable bonds is 8. The lowest BCUT2D eigenvalue weighted by atomic mass is 9.86. The van der Waals surface area contributed by atoms with E-state index in [1.807, 2.05) is 24.4 Å². The Labute approximate surface area is 214 Å². The highest BCUT2D eigenvalue weighted by atomic mass is 16.3. The molecule has 0 aliphatic carbocycles. The van der Waals surface area contributed by atoms with E-state index >= 15 is 0 Å². The Balaban J connectivity index is 1.45. The highest BCUT2D eigenvalue weighted by molar-refractivity contribution is 5.54. The maximum atomic E-state index is 10.8. The molecule has 2 heterocycles. The van der Waals surface area contributed by atoms with Crippen molar-refractivity contribution in [3.63, 3.8) is 0 Å². The maximum Gasteiger partial charge on any atom is 0.137 e. The van der Waals surface area contributed by atoms with Crippen LogP contribution in [0.4, 0.5) is 0 Å². The molecule has 1 aliphatic rings. The van der Waals surface area contributed by atoms with Crippen molar-refractivity contribution in [2.24, 2.45) is 0 Å². The molecule has 0 saturated carbocycles. The van der Waals surface area contributed by atoms with Crippen LogP contribution >= 0.6 is 0 Å². The van der Waals surface area contributed by atoms with Gasteiger partial charge in [-0.05, 0) is 48.7 Å². The quantitative estimate of drug-likeness (QED) is 0.310. The first kappa shape index (κ1) is 24.4. The third-order valence-corrected chi connectivity index (χ3v) is 7.39. The molecule has 1 aromatic heterocycles. The highest BCUT2D eigenvalue weighted by Crippen LogP contribution is 2.37. The number of aliphatic hydroxyl groups is 1. The molecule has 0 amide bonds. The zero-order chi connectivity index (χ0) is 25.1. The van der Waals surface area contributed by atoms with Crippen molar-refractivity contribution in [1.29, 1.82) is 0 Å². The normalized spacial score (nSPS) is 16.8. The van der Waals surface area contributed by atoms with Gasteiger partial charge in [-0.2, -0.15) is 0 Å². The van der Waals surface area contributed by atoms with E-state index < -0.39 is 6.23 Å². The van der Waals surface area contributed by atoms with Crippen LogP contribution in [0.3, 0.4) is 0 Å². The van der Waals surface area contributed by atoms with Gasteiger partial charge in [0.15, 0.2) is 0 Å². The van der Waals surface area contributed by atoms with Crippen LogP contribution in [0, 0.1) is 6.92 Å². The van der Waals surface area contributed by atoms with Crippen molar-refractivity contribution >= 4 is 0 Å². The topological polar surface area (TPSA) is 55.4 Å². The summed E-state index contributed by atoms with van der Waals surface area (Å²) in [6.45, 7) is 9.74. The first-order valence-electron chi connectivity index (χ1n) is 13.0. The van der Waals surface area contributed by atoms with Crippen LogP contribution in [-0.4, -0.2) is 44.5 Å². The molecule has 4 aromatic rings. The van der Waals surface area contributed by atoms with E-state index in [0.29, 0.717) is 0 Å². The van der Waals surface area contributed by atoms with Crippen molar-refractivity contribution in [1.82, 2.24) is 19.8 Å². The molecule has 1 aliphatic heterocycles. The van der Waals surface area contributed by atoms with Gasteiger partial charge in [0.25, 0.3) is 0 Å². The van der Waals surface area contributed by atoms with E-state index in [1.54, 1.807) is 0 Å². The summed E-state index contributed by atoms with van der Waals surface area (Å²) in [6.07, 6.45) is 2.42. The summed E-state index contributed by atoms with van der Waals surface area (Å²) >= 11 is 0. The van der Waals surface area contributed by atoms with Crippen LogP contribution in [-0.2, 0) is 13.0 Å². The summed E-state index contributed by atoms with van der Waals surface area (Å²) in [5.41, 5.74) is 8.48. The van der Waals surface area contributed by atoms with Crippen LogP contribution in [0.25, 0.3) is 11.4 Å². The molecule has 186 valence electrons. The molecule has 3 aromatic carbocycles. The number of imidazole rings is 1. The first-order valence-corrected chi connectivity index (χ1v) is 13.0. The minimum atomic E-state index is -0.576. The van der Waals surface area contributed by atoms with Gasteiger partial charge in [0.05, 0.1) is 6.04 Å². The molecule has 2 unspecified atom stereocenters. The molecule has 0 bridgehead atoms. The molecular weight excluding hydrogens is 444 g/mol. The van der Waals surface area contributed by atoms with E-state index in [9.17, 15) is 5.11 Å². The van der Waals surface area contributed by atoms with Crippen LogP contribution in [0.15, 0.2) is 79.0 Å². The van der Waals surface area contributed by atoms with Gasteiger partial charge >= 0.3 is 0 Å². The molecule has 0 radical (unpaired) electrons. The van der Waals surface area contributed by atoms with Crippen molar-refractivity contribution < 1.29 is 5.11 Å². The first-order chi connectivity index (χ1) is 17.6. The fourth-order valence-corrected chi connectivity index (χ4v) is 5.38. The molecule has 5 rings (SSSR count). The zero-order valence-corrected chi connectivity index (χ0v) is 21.5. The predicted molar refractivity (Wildman–Crippen MR) is 145 cm³/mol. The number of nitrogens with one attached hydrogen (secondary N) is 1. The Morgan fingerprint density at radius 3 is 2.50 bits per heavy atom. The lowest BCUT2D eigenvalue weighted by Gasteiger charge is -2.38.